The van der Waals surface area contributed by atoms with Crippen LogP contribution in [0.5, 0.6) is 5.75 Å². The third kappa shape index (κ3) is 4.14. The van der Waals surface area contributed by atoms with E-state index < -0.39 is 0 Å². The summed E-state index contributed by atoms with van der Waals surface area (Å²) in [6, 6.07) is 12.2. The van der Waals surface area contributed by atoms with Crippen LogP contribution in [0.25, 0.3) is 0 Å². The third-order valence-corrected chi connectivity index (χ3v) is 5.04. The lowest BCUT2D eigenvalue weighted by molar-refractivity contribution is 0.414. The summed E-state index contributed by atoms with van der Waals surface area (Å²) in [5.41, 5.74) is 2.41. The molecule has 1 aromatic carbocycles. The molecule has 3 aromatic rings. The highest BCUT2D eigenvalue weighted by atomic mass is 32.2. The molecule has 5 nitrogen and oxygen atoms in total. The predicted molar refractivity (Wildman–Crippen MR) is 101 cm³/mol. The molecule has 2 heterocycles. The Morgan fingerprint density at radius 1 is 1.24 bits per heavy atom. The first kappa shape index (κ1) is 17.4. The Labute approximate surface area is 152 Å². The van der Waals surface area contributed by atoms with Crippen molar-refractivity contribution in [3.05, 3.63) is 72.3 Å². The number of nitrogens with zero attached hydrogens (tertiary/aromatic N) is 4. The Morgan fingerprint density at radius 3 is 2.84 bits per heavy atom. The second-order valence-electron chi connectivity index (χ2n) is 5.73. The number of thioether (sulfide) groups is 1. The molecule has 3 rings (SSSR count). The molecule has 0 bridgehead atoms. The molecular formula is C19H22N4OS. The van der Waals surface area contributed by atoms with Crippen molar-refractivity contribution in [1.29, 1.82) is 0 Å². The molecule has 6 heteroatoms. The van der Waals surface area contributed by atoms with Crippen LogP contribution in [0, 0.1) is 0 Å². The zero-order valence-electron chi connectivity index (χ0n) is 14.6. The van der Waals surface area contributed by atoms with E-state index in [1.807, 2.05) is 43.6 Å². The standard InChI is InChI=1S/C19H22N4OS/c1-4-10-23-18(13-16-8-6-11-22(16)2)20-21-19(23)25-14-15-7-5-9-17(12-15)24-3/h4-9,11-12H,1,10,13-14H2,2-3H3. The Kier molecular flexibility index (Phi) is 5.60. The van der Waals surface area contributed by atoms with Crippen molar-refractivity contribution in [2.45, 2.75) is 23.9 Å². The van der Waals surface area contributed by atoms with Gasteiger partial charge in [-0.3, -0.25) is 0 Å². The molecule has 130 valence electrons. The van der Waals surface area contributed by atoms with Crippen molar-refractivity contribution in [3.8, 4) is 5.75 Å². The molecule has 0 atom stereocenters. The van der Waals surface area contributed by atoms with Gasteiger partial charge < -0.3 is 13.9 Å². The normalized spacial score (nSPS) is 10.8. The van der Waals surface area contributed by atoms with Gasteiger partial charge in [-0.15, -0.1) is 16.8 Å². The first-order valence-electron chi connectivity index (χ1n) is 8.10. The molecule has 0 aliphatic heterocycles. The number of hydrogen-bond acceptors (Lipinski definition) is 4. The lowest BCUT2D eigenvalue weighted by Gasteiger charge is -2.09. The molecule has 25 heavy (non-hydrogen) atoms. The van der Waals surface area contributed by atoms with E-state index in [-0.39, 0.29) is 0 Å². The maximum absolute atomic E-state index is 5.29. The van der Waals surface area contributed by atoms with E-state index in [0.29, 0.717) is 6.54 Å². The number of ether oxygens (including phenoxy) is 1. The number of hydrogen-bond donors (Lipinski definition) is 0. The zero-order chi connectivity index (χ0) is 17.6. The second-order valence-corrected chi connectivity index (χ2v) is 6.67. The molecule has 0 aliphatic rings. The summed E-state index contributed by atoms with van der Waals surface area (Å²) in [7, 11) is 3.73. The molecule has 0 spiro atoms. The molecule has 0 fully saturated rings. The molecular weight excluding hydrogens is 332 g/mol. The van der Waals surface area contributed by atoms with Crippen LogP contribution in [0.1, 0.15) is 17.1 Å². The van der Waals surface area contributed by atoms with Gasteiger partial charge in [0.05, 0.1) is 7.11 Å². The Balaban J connectivity index is 1.76. The van der Waals surface area contributed by atoms with Gasteiger partial charge >= 0.3 is 0 Å². The van der Waals surface area contributed by atoms with E-state index in [0.717, 1.165) is 28.9 Å². The molecule has 0 saturated carbocycles. The average molecular weight is 354 g/mol. The summed E-state index contributed by atoms with van der Waals surface area (Å²) in [6.45, 7) is 4.57. The maximum Gasteiger partial charge on any atom is 0.191 e. The topological polar surface area (TPSA) is 44.9 Å². The van der Waals surface area contributed by atoms with Gasteiger partial charge in [-0.05, 0) is 29.8 Å². The van der Waals surface area contributed by atoms with Crippen LogP contribution >= 0.6 is 11.8 Å². The molecule has 0 saturated heterocycles. The van der Waals surface area contributed by atoms with E-state index in [1.54, 1.807) is 18.9 Å². The fraction of sp³-hybridized carbons (Fsp3) is 0.263. The summed E-state index contributed by atoms with van der Waals surface area (Å²) in [6.07, 6.45) is 4.68. The third-order valence-electron chi connectivity index (χ3n) is 4.00. The molecule has 0 radical (unpaired) electrons. The fourth-order valence-corrected chi connectivity index (χ4v) is 3.53. The van der Waals surface area contributed by atoms with Crippen molar-refractivity contribution in [2.75, 3.05) is 7.11 Å². The predicted octanol–water partition coefficient (Wildman–Crippen LogP) is 3.69. The van der Waals surface area contributed by atoms with E-state index in [9.17, 15) is 0 Å². The first-order valence-corrected chi connectivity index (χ1v) is 9.08. The van der Waals surface area contributed by atoms with Crippen LogP contribution in [-0.4, -0.2) is 26.4 Å². The summed E-state index contributed by atoms with van der Waals surface area (Å²) >= 11 is 1.68. The zero-order valence-corrected chi connectivity index (χ0v) is 15.4. The molecule has 0 amide bonds. The van der Waals surface area contributed by atoms with E-state index >= 15 is 0 Å². The van der Waals surface area contributed by atoms with E-state index in [2.05, 4.69) is 38.0 Å². The Bertz CT molecular complexity index is 853. The minimum absolute atomic E-state index is 0.702. The van der Waals surface area contributed by atoms with Crippen LogP contribution < -0.4 is 4.74 Å². The summed E-state index contributed by atoms with van der Waals surface area (Å²) < 4.78 is 9.52. The van der Waals surface area contributed by atoms with Crippen molar-refractivity contribution < 1.29 is 4.74 Å². The molecule has 0 unspecified atom stereocenters. The van der Waals surface area contributed by atoms with Crippen molar-refractivity contribution in [2.24, 2.45) is 7.05 Å². The summed E-state index contributed by atoms with van der Waals surface area (Å²) in [5, 5.41) is 9.70. The van der Waals surface area contributed by atoms with Gasteiger partial charge in [-0.1, -0.05) is 30.0 Å². The van der Waals surface area contributed by atoms with Crippen LogP contribution in [0.2, 0.25) is 0 Å². The van der Waals surface area contributed by atoms with Crippen molar-refractivity contribution in [1.82, 2.24) is 19.3 Å². The quantitative estimate of drug-likeness (QED) is 0.457. The number of aryl methyl sites for hydroxylation is 1. The van der Waals surface area contributed by atoms with Gasteiger partial charge in [0, 0.05) is 37.7 Å². The van der Waals surface area contributed by atoms with Gasteiger partial charge in [0.1, 0.15) is 11.6 Å². The van der Waals surface area contributed by atoms with Gasteiger partial charge in [0.2, 0.25) is 0 Å². The average Bonchev–Trinajstić information content (AvgIpc) is 3.21. The lowest BCUT2D eigenvalue weighted by Crippen LogP contribution is -2.06. The van der Waals surface area contributed by atoms with E-state index in [4.69, 9.17) is 4.74 Å². The minimum Gasteiger partial charge on any atom is -0.497 e. The monoisotopic (exact) mass is 354 g/mol. The number of aromatic nitrogens is 4. The number of rotatable bonds is 8. The number of benzene rings is 1. The van der Waals surface area contributed by atoms with Crippen LogP contribution in [-0.2, 0) is 25.8 Å². The lowest BCUT2D eigenvalue weighted by atomic mass is 10.2. The number of allylic oxidation sites excluding steroid dienone is 1. The van der Waals surface area contributed by atoms with Crippen molar-refractivity contribution >= 4 is 11.8 Å². The summed E-state index contributed by atoms with van der Waals surface area (Å²) in [4.78, 5) is 0. The van der Waals surface area contributed by atoms with Crippen LogP contribution in [0.3, 0.4) is 0 Å². The highest BCUT2D eigenvalue weighted by Crippen LogP contribution is 2.24. The molecule has 2 aromatic heterocycles. The SMILES string of the molecule is C=CCn1c(Cc2cccn2C)nnc1SCc1cccc(OC)c1. The highest BCUT2D eigenvalue weighted by molar-refractivity contribution is 7.98. The number of methoxy groups -OCH3 is 1. The smallest absolute Gasteiger partial charge is 0.191 e. The molecule has 0 aliphatic carbocycles. The highest BCUT2D eigenvalue weighted by Gasteiger charge is 2.13. The first-order chi connectivity index (χ1) is 12.2. The van der Waals surface area contributed by atoms with Crippen molar-refractivity contribution in [3.63, 3.8) is 0 Å². The summed E-state index contributed by atoms with van der Waals surface area (Å²) in [5.74, 6) is 2.64. The molecule has 0 N–H and O–H groups in total. The Morgan fingerprint density at radius 2 is 2.12 bits per heavy atom. The van der Waals surface area contributed by atoms with Gasteiger partial charge in [0.25, 0.3) is 0 Å². The van der Waals surface area contributed by atoms with Gasteiger partial charge in [-0.2, -0.15) is 0 Å². The maximum atomic E-state index is 5.29. The van der Waals surface area contributed by atoms with E-state index in [1.165, 1.54) is 11.3 Å². The van der Waals surface area contributed by atoms with Crippen LogP contribution in [0.4, 0.5) is 0 Å². The van der Waals surface area contributed by atoms with Crippen LogP contribution in [0.15, 0.2) is 60.4 Å². The Hall–Kier alpha value is -2.47. The fourth-order valence-electron chi connectivity index (χ4n) is 2.62. The minimum atomic E-state index is 0.702. The largest absolute Gasteiger partial charge is 0.497 e. The second kappa shape index (κ2) is 8.07. The van der Waals surface area contributed by atoms with Gasteiger partial charge in [-0.25, -0.2) is 0 Å². The van der Waals surface area contributed by atoms with Gasteiger partial charge in [0.15, 0.2) is 5.16 Å².